The van der Waals surface area contributed by atoms with E-state index in [-0.39, 0.29) is 17.0 Å². The van der Waals surface area contributed by atoms with Crippen molar-refractivity contribution in [3.05, 3.63) is 23.2 Å². The third kappa shape index (κ3) is 1.40. The molecule has 1 N–H and O–H groups in total. The molecule has 5 heteroatoms. The average molecular weight is 209 g/mol. The Kier molecular flexibility index (Phi) is 2.22. The lowest BCUT2D eigenvalue weighted by molar-refractivity contribution is 0.0672. The molecule has 80 valence electrons. The normalized spacial score (nSPS) is 15.3. The van der Waals surface area contributed by atoms with Crippen LogP contribution < -0.4 is 0 Å². The van der Waals surface area contributed by atoms with Crippen LogP contribution in [0.15, 0.2) is 10.7 Å². The van der Waals surface area contributed by atoms with Crippen LogP contribution >= 0.6 is 0 Å². The number of carboxylic acids is 1. The molecule has 1 amide bonds. The van der Waals surface area contributed by atoms with E-state index in [2.05, 4.69) is 0 Å². The number of nitrogens with zero attached hydrogens (tertiary/aromatic N) is 1. The number of fused-ring (bicyclic) bond motifs is 1. The molecule has 5 nitrogen and oxygen atoms in total. The molecule has 0 bridgehead atoms. The highest BCUT2D eigenvalue weighted by Crippen LogP contribution is 2.24. The Labute approximate surface area is 86.3 Å². The Morgan fingerprint density at radius 2 is 2.40 bits per heavy atom. The van der Waals surface area contributed by atoms with E-state index >= 15 is 0 Å². The Morgan fingerprint density at radius 1 is 1.67 bits per heavy atom. The second kappa shape index (κ2) is 3.42. The molecule has 1 aliphatic rings. The molecule has 0 spiro atoms. The predicted molar refractivity (Wildman–Crippen MR) is 50.9 cm³/mol. The summed E-state index contributed by atoms with van der Waals surface area (Å²) in [7, 11) is 0. The van der Waals surface area contributed by atoms with E-state index < -0.39 is 5.97 Å². The van der Waals surface area contributed by atoms with Gasteiger partial charge >= 0.3 is 5.97 Å². The number of carbonyl (C=O) groups is 2. The van der Waals surface area contributed by atoms with Crippen LogP contribution in [0.4, 0.5) is 0 Å². The summed E-state index contributed by atoms with van der Waals surface area (Å²) in [6.45, 7) is 3.04. The highest BCUT2D eigenvalue weighted by molar-refractivity contribution is 6.06. The lowest BCUT2D eigenvalue weighted by atomic mass is 10.0. The van der Waals surface area contributed by atoms with Gasteiger partial charge in [-0.15, -0.1) is 0 Å². The molecule has 0 radical (unpaired) electrons. The number of likely N-dealkylation sites (N-methyl/N-ethyl adjacent to an activating group) is 1. The van der Waals surface area contributed by atoms with E-state index in [1.165, 1.54) is 0 Å². The molecule has 1 aromatic rings. The average Bonchev–Trinajstić information content (AvgIpc) is 2.63. The van der Waals surface area contributed by atoms with Crippen molar-refractivity contribution in [1.29, 1.82) is 0 Å². The van der Waals surface area contributed by atoms with Crippen molar-refractivity contribution in [2.75, 3.05) is 13.1 Å². The van der Waals surface area contributed by atoms with Crippen LogP contribution in [-0.2, 0) is 6.42 Å². The molecule has 0 saturated carbocycles. The van der Waals surface area contributed by atoms with Crippen LogP contribution in [0, 0.1) is 0 Å². The van der Waals surface area contributed by atoms with Gasteiger partial charge in [-0.3, -0.25) is 4.79 Å². The van der Waals surface area contributed by atoms with Gasteiger partial charge in [-0.2, -0.15) is 0 Å². The van der Waals surface area contributed by atoms with E-state index in [4.69, 9.17) is 9.52 Å². The fraction of sp³-hybridized carbons (Fsp3) is 0.400. The van der Waals surface area contributed by atoms with Gasteiger partial charge < -0.3 is 14.4 Å². The number of furan rings is 1. The first kappa shape index (κ1) is 9.76. The monoisotopic (exact) mass is 209 g/mol. The van der Waals surface area contributed by atoms with Gasteiger partial charge in [0, 0.05) is 19.5 Å². The van der Waals surface area contributed by atoms with Crippen LogP contribution in [0.25, 0.3) is 0 Å². The summed E-state index contributed by atoms with van der Waals surface area (Å²) in [5, 5.41) is 8.88. The maximum atomic E-state index is 11.8. The SMILES string of the molecule is CCN1CCc2occ(C(=O)O)c2C1=O. The molecule has 0 saturated heterocycles. The van der Waals surface area contributed by atoms with Crippen molar-refractivity contribution in [3.63, 3.8) is 0 Å². The number of amides is 1. The van der Waals surface area contributed by atoms with E-state index in [9.17, 15) is 9.59 Å². The molecule has 2 rings (SSSR count). The Hall–Kier alpha value is -1.78. The highest BCUT2D eigenvalue weighted by atomic mass is 16.4. The lowest BCUT2D eigenvalue weighted by Gasteiger charge is -2.24. The smallest absolute Gasteiger partial charge is 0.339 e. The summed E-state index contributed by atoms with van der Waals surface area (Å²) < 4.78 is 5.08. The van der Waals surface area contributed by atoms with Crippen LogP contribution in [0.3, 0.4) is 0 Å². The van der Waals surface area contributed by atoms with Crippen molar-refractivity contribution < 1.29 is 19.1 Å². The third-order valence-electron chi connectivity index (χ3n) is 2.59. The topological polar surface area (TPSA) is 70.8 Å². The summed E-state index contributed by atoms with van der Waals surface area (Å²) in [5.41, 5.74) is 0.184. The number of aromatic carboxylic acids is 1. The zero-order valence-electron chi connectivity index (χ0n) is 8.32. The van der Waals surface area contributed by atoms with Crippen molar-refractivity contribution in [1.82, 2.24) is 4.90 Å². The number of hydrogen-bond acceptors (Lipinski definition) is 3. The summed E-state index contributed by atoms with van der Waals surface area (Å²) in [6.07, 6.45) is 1.73. The zero-order chi connectivity index (χ0) is 11.0. The van der Waals surface area contributed by atoms with Gasteiger partial charge in [0.25, 0.3) is 5.91 Å². The molecule has 1 aliphatic heterocycles. The second-order valence-corrected chi connectivity index (χ2v) is 3.39. The van der Waals surface area contributed by atoms with Gasteiger partial charge in [0.1, 0.15) is 17.6 Å². The summed E-state index contributed by atoms with van der Waals surface area (Å²) in [5.74, 6) is -0.877. The number of carboxylic acid groups (broad SMARTS) is 1. The molecular formula is C10H11NO4. The van der Waals surface area contributed by atoms with Crippen LogP contribution in [0.2, 0.25) is 0 Å². The Morgan fingerprint density at radius 3 is 3.00 bits per heavy atom. The van der Waals surface area contributed by atoms with E-state index in [0.717, 1.165) is 6.26 Å². The highest BCUT2D eigenvalue weighted by Gasteiger charge is 2.31. The fourth-order valence-electron chi connectivity index (χ4n) is 1.77. The predicted octanol–water partition coefficient (Wildman–Crippen LogP) is 0.996. The summed E-state index contributed by atoms with van der Waals surface area (Å²) in [4.78, 5) is 24.3. The summed E-state index contributed by atoms with van der Waals surface area (Å²) in [6, 6.07) is 0. The molecule has 15 heavy (non-hydrogen) atoms. The molecule has 2 heterocycles. The first-order valence-electron chi connectivity index (χ1n) is 4.78. The summed E-state index contributed by atoms with van der Waals surface area (Å²) >= 11 is 0. The standard InChI is InChI=1S/C10H11NO4/c1-2-11-4-3-7-8(9(11)12)6(5-15-7)10(13)14/h5H,2-4H2,1H3,(H,13,14). The molecule has 0 fully saturated rings. The van der Waals surface area contributed by atoms with Crippen molar-refractivity contribution in [2.45, 2.75) is 13.3 Å². The molecule has 0 unspecified atom stereocenters. The van der Waals surface area contributed by atoms with Crippen LogP contribution in [-0.4, -0.2) is 35.0 Å². The first-order chi connectivity index (χ1) is 7.15. The Bertz CT molecular complexity index is 421. The molecule has 0 atom stereocenters. The lowest BCUT2D eigenvalue weighted by Crippen LogP contribution is -2.37. The maximum Gasteiger partial charge on any atom is 0.339 e. The zero-order valence-corrected chi connectivity index (χ0v) is 8.32. The second-order valence-electron chi connectivity index (χ2n) is 3.39. The van der Waals surface area contributed by atoms with E-state index in [0.29, 0.717) is 25.3 Å². The van der Waals surface area contributed by atoms with Crippen LogP contribution in [0.5, 0.6) is 0 Å². The quantitative estimate of drug-likeness (QED) is 0.788. The molecule has 1 aromatic heterocycles. The van der Waals surface area contributed by atoms with Gasteiger partial charge in [-0.25, -0.2) is 4.79 Å². The van der Waals surface area contributed by atoms with Gasteiger partial charge in [-0.1, -0.05) is 0 Å². The Balaban J connectivity index is 2.48. The first-order valence-corrected chi connectivity index (χ1v) is 4.78. The third-order valence-corrected chi connectivity index (χ3v) is 2.59. The molecule has 0 aliphatic carbocycles. The minimum absolute atomic E-state index is 0.0341. The maximum absolute atomic E-state index is 11.8. The minimum Gasteiger partial charge on any atom is -0.478 e. The largest absolute Gasteiger partial charge is 0.478 e. The number of carbonyl (C=O) groups excluding carboxylic acids is 1. The molecule has 0 aromatic carbocycles. The minimum atomic E-state index is -1.12. The fourth-order valence-corrected chi connectivity index (χ4v) is 1.77. The van der Waals surface area contributed by atoms with Crippen molar-refractivity contribution in [3.8, 4) is 0 Å². The van der Waals surface area contributed by atoms with Gasteiger partial charge in [0.15, 0.2) is 0 Å². The molecular weight excluding hydrogens is 198 g/mol. The van der Waals surface area contributed by atoms with E-state index in [1.807, 2.05) is 6.92 Å². The van der Waals surface area contributed by atoms with Crippen molar-refractivity contribution in [2.24, 2.45) is 0 Å². The van der Waals surface area contributed by atoms with Crippen LogP contribution in [0.1, 0.15) is 33.4 Å². The van der Waals surface area contributed by atoms with Gasteiger partial charge in [-0.05, 0) is 6.92 Å². The van der Waals surface area contributed by atoms with Crippen molar-refractivity contribution >= 4 is 11.9 Å². The van der Waals surface area contributed by atoms with Gasteiger partial charge in [0.2, 0.25) is 0 Å². The van der Waals surface area contributed by atoms with Gasteiger partial charge in [0.05, 0.1) is 5.56 Å². The van der Waals surface area contributed by atoms with E-state index in [1.54, 1.807) is 4.90 Å². The number of hydrogen-bond donors (Lipinski definition) is 1. The number of rotatable bonds is 2.